The van der Waals surface area contributed by atoms with Crippen LogP contribution in [-0.4, -0.2) is 37.2 Å². The van der Waals surface area contributed by atoms with E-state index in [0.717, 1.165) is 96.3 Å². The SMILES string of the molecule is CC/C=C\C/C=C\C/C=C\CCCCCCCC(=O)OC[C@H](COC(=O)CCCCCCCCCCC/C=C\CCCCCCCC)OC(=O)CCCCCCCCCCCCCCCCC. The van der Waals surface area contributed by atoms with Crippen molar-refractivity contribution in [2.24, 2.45) is 0 Å². The molecule has 0 N–H and O–H groups in total. The van der Waals surface area contributed by atoms with Crippen molar-refractivity contribution in [1.29, 1.82) is 0 Å². The van der Waals surface area contributed by atoms with E-state index in [0.29, 0.717) is 19.3 Å². The van der Waals surface area contributed by atoms with Crippen LogP contribution in [0.3, 0.4) is 0 Å². The van der Waals surface area contributed by atoms with Crippen LogP contribution in [0.4, 0.5) is 0 Å². The van der Waals surface area contributed by atoms with Crippen molar-refractivity contribution >= 4 is 17.9 Å². The summed E-state index contributed by atoms with van der Waals surface area (Å²) in [6.45, 7) is 6.55. The Kier molecular flexibility index (Phi) is 53.8. The molecule has 0 saturated heterocycles. The highest BCUT2D eigenvalue weighted by atomic mass is 16.6. The molecule has 0 aliphatic heterocycles. The molecule has 0 radical (unpaired) electrons. The van der Waals surface area contributed by atoms with Crippen molar-refractivity contribution in [3.8, 4) is 0 Å². The van der Waals surface area contributed by atoms with Gasteiger partial charge in [0.05, 0.1) is 0 Å². The van der Waals surface area contributed by atoms with Crippen LogP contribution in [-0.2, 0) is 28.6 Å². The molecule has 6 heteroatoms. The number of carbonyl (C=O) groups is 3. The highest BCUT2D eigenvalue weighted by Crippen LogP contribution is 2.16. The molecule has 0 fully saturated rings. The average molecular weight is 940 g/mol. The molecular formula is C61H110O6. The Hall–Kier alpha value is -2.63. The van der Waals surface area contributed by atoms with Crippen LogP contribution in [0.15, 0.2) is 48.6 Å². The number of hydrogen-bond donors (Lipinski definition) is 0. The minimum absolute atomic E-state index is 0.0767. The maximum Gasteiger partial charge on any atom is 0.306 e. The predicted molar refractivity (Wildman–Crippen MR) is 289 cm³/mol. The van der Waals surface area contributed by atoms with E-state index in [9.17, 15) is 14.4 Å². The van der Waals surface area contributed by atoms with Crippen LogP contribution in [0.25, 0.3) is 0 Å². The Labute approximate surface area is 416 Å². The minimum atomic E-state index is -0.778. The summed E-state index contributed by atoms with van der Waals surface area (Å²) in [7, 11) is 0. The Morgan fingerprint density at radius 3 is 0.925 bits per heavy atom. The maximum atomic E-state index is 12.9. The van der Waals surface area contributed by atoms with Crippen molar-refractivity contribution in [2.75, 3.05) is 13.2 Å². The molecule has 0 aromatic carbocycles. The van der Waals surface area contributed by atoms with Gasteiger partial charge in [0.15, 0.2) is 6.10 Å². The lowest BCUT2D eigenvalue weighted by atomic mass is 10.0. The van der Waals surface area contributed by atoms with E-state index in [1.807, 2.05) is 0 Å². The largest absolute Gasteiger partial charge is 0.462 e. The van der Waals surface area contributed by atoms with Crippen molar-refractivity contribution in [3.05, 3.63) is 48.6 Å². The smallest absolute Gasteiger partial charge is 0.306 e. The van der Waals surface area contributed by atoms with Gasteiger partial charge in [0.25, 0.3) is 0 Å². The van der Waals surface area contributed by atoms with Gasteiger partial charge in [0.1, 0.15) is 13.2 Å². The zero-order valence-electron chi connectivity index (χ0n) is 44.7. The second-order valence-corrected chi connectivity index (χ2v) is 19.5. The van der Waals surface area contributed by atoms with E-state index in [4.69, 9.17) is 14.2 Å². The summed E-state index contributed by atoms with van der Waals surface area (Å²) >= 11 is 0. The topological polar surface area (TPSA) is 78.9 Å². The lowest BCUT2D eigenvalue weighted by molar-refractivity contribution is -0.167. The molecule has 0 aromatic heterocycles. The van der Waals surface area contributed by atoms with Crippen molar-refractivity contribution < 1.29 is 28.6 Å². The number of carbonyl (C=O) groups excluding carboxylic acids is 3. The molecular weight excluding hydrogens is 829 g/mol. The molecule has 0 aromatic rings. The average Bonchev–Trinajstić information content (AvgIpc) is 3.33. The zero-order chi connectivity index (χ0) is 48.6. The van der Waals surface area contributed by atoms with Gasteiger partial charge in [-0.1, -0.05) is 256 Å². The molecule has 0 amide bonds. The Morgan fingerprint density at radius 1 is 0.313 bits per heavy atom. The number of hydrogen-bond acceptors (Lipinski definition) is 6. The lowest BCUT2D eigenvalue weighted by Gasteiger charge is -2.18. The second-order valence-electron chi connectivity index (χ2n) is 19.5. The van der Waals surface area contributed by atoms with Gasteiger partial charge in [-0.15, -0.1) is 0 Å². The van der Waals surface area contributed by atoms with E-state index in [2.05, 4.69) is 69.4 Å². The highest BCUT2D eigenvalue weighted by molar-refractivity contribution is 5.71. The molecule has 390 valence electrons. The van der Waals surface area contributed by atoms with E-state index in [1.54, 1.807) is 0 Å². The Bertz CT molecular complexity index is 1170. The fourth-order valence-electron chi connectivity index (χ4n) is 8.45. The monoisotopic (exact) mass is 939 g/mol. The standard InChI is InChI=1S/C61H110O6/c1-4-7-10-13-16-19-22-25-28-29-30-31-34-36-39-42-45-48-51-54-60(63)66-57-58(67-61(64)55-52-49-46-43-40-37-33-27-24-21-18-15-12-9-6-3)56-65-59(62)53-50-47-44-41-38-35-32-26-23-20-17-14-11-8-5-2/h8,11,17,20,25-26,28,32,58H,4-7,9-10,12-16,18-19,21-24,27,29-31,33-57H2,1-3H3/b11-8-,20-17-,28-25-,32-26-/t58-/m1/s1. The Morgan fingerprint density at radius 2 is 0.582 bits per heavy atom. The third-order valence-corrected chi connectivity index (χ3v) is 12.8. The summed E-state index contributed by atoms with van der Waals surface area (Å²) < 4.78 is 16.9. The molecule has 0 heterocycles. The third kappa shape index (κ3) is 54.2. The van der Waals surface area contributed by atoms with Crippen LogP contribution in [0.1, 0.15) is 303 Å². The first-order valence-corrected chi connectivity index (χ1v) is 29.1. The van der Waals surface area contributed by atoms with Gasteiger partial charge in [0.2, 0.25) is 0 Å². The van der Waals surface area contributed by atoms with Crippen LogP contribution >= 0.6 is 0 Å². The van der Waals surface area contributed by atoms with E-state index in [-0.39, 0.29) is 31.1 Å². The summed E-state index contributed by atoms with van der Waals surface area (Å²) in [6, 6.07) is 0. The van der Waals surface area contributed by atoms with E-state index >= 15 is 0 Å². The zero-order valence-corrected chi connectivity index (χ0v) is 44.7. The molecule has 0 saturated carbocycles. The lowest BCUT2D eigenvalue weighted by Crippen LogP contribution is -2.30. The van der Waals surface area contributed by atoms with Crippen molar-refractivity contribution in [2.45, 2.75) is 309 Å². The maximum absolute atomic E-state index is 12.9. The van der Waals surface area contributed by atoms with Crippen LogP contribution in [0.2, 0.25) is 0 Å². The van der Waals surface area contributed by atoms with Gasteiger partial charge in [-0.2, -0.15) is 0 Å². The van der Waals surface area contributed by atoms with Gasteiger partial charge in [-0.05, 0) is 77.0 Å². The summed E-state index contributed by atoms with van der Waals surface area (Å²) in [4.78, 5) is 38.2. The van der Waals surface area contributed by atoms with Gasteiger partial charge < -0.3 is 14.2 Å². The summed E-state index contributed by atoms with van der Waals surface area (Å²) in [5, 5.41) is 0. The molecule has 0 spiro atoms. The molecule has 0 rings (SSSR count). The fourth-order valence-corrected chi connectivity index (χ4v) is 8.45. The minimum Gasteiger partial charge on any atom is -0.462 e. The number of allylic oxidation sites excluding steroid dienone is 8. The third-order valence-electron chi connectivity index (χ3n) is 12.8. The molecule has 0 aliphatic rings. The number of unbranched alkanes of at least 4 members (excludes halogenated alkanes) is 34. The van der Waals surface area contributed by atoms with E-state index < -0.39 is 6.10 Å². The number of ether oxygens (including phenoxy) is 3. The second kappa shape index (κ2) is 56.0. The highest BCUT2D eigenvalue weighted by Gasteiger charge is 2.19. The molecule has 0 aliphatic carbocycles. The predicted octanol–water partition coefficient (Wildman–Crippen LogP) is 19.4. The summed E-state index contributed by atoms with van der Waals surface area (Å²) in [6.07, 6.45) is 68.1. The van der Waals surface area contributed by atoms with Gasteiger partial charge in [-0.25, -0.2) is 0 Å². The molecule has 67 heavy (non-hydrogen) atoms. The molecule has 0 unspecified atom stereocenters. The first-order valence-electron chi connectivity index (χ1n) is 29.1. The summed E-state index contributed by atoms with van der Waals surface area (Å²) in [5.41, 5.74) is 0. The van der Waals surface area contributed by atoms with Gasteiger partial charge in [0, 0.05) is 19.3 Å². The Balaban J connectivity index is 4.35. The fraction of sp³-hybridized carbons (Fsp3) is 0.820. The molecule has 6 nitrogen and oxygen atoms in total. The number of rotatable bonds is 53. The van der Waals surface area contributed by atoms with Crippen molar-refractivity contribution in [3.63, 3.8) is 0 Å². The van der Waals surface area contributed by atoms with Crippen LogP contribution in [0.5, 0.6) is 0 Å². The molecule has 0 bridgehead atoms. The van der Waals surface area contributed by atoms with Gasteiger partial charge in [-0.3, -0.25) is 14.4 Å². The first kappa shape index (κ1) is 64.4. The molecule has 1 atom stereocenters. The van der Waals surface area contributed by atoms with Gasteiger partial charge >= 0.3 is 17.9 Å². The van der Waals surface area contributed by atoms with Crippen molar-refractivity contribution in [1.82, 2.24) is 0 Å². The van der Waals surface area contributed by atoms with E-state index in [1.165, 1.54) is 167 Å². The first-order chi connectivity index (χ1) is 33.0. The quantitative estimate of drug-likeness (QED) is 0.0262. The normalized spacial score (nSPS) is 12.3. The summed E-state index contributed by atoms with van der Waals surface area (Å²) in [5.74, 6) is -0.880. The number of esters is 3. The van der Waals surface area contributed by atoms with Crippen LogP contribution < -0.4 is 0 Å². The van der Waals surface area contributed by atoms with Crippen LogP contribution in [0, 0.1) is 0 Å².